The highest BCUT2D eigenvalue weighted by molar-refractivity contribution is 6.39. The molecule has 0 atom stereocenters. The lowest BCUT2D eigenvalue weighted by molar-refractivity contribution is -0.385. The van der Waals surface area contributed by atoms with Gasteiger partial charge in [-0.3, -0.25) is 25.0 Å². The molecule has 0 aliphatic carbocycles. The van der Waals surface area contributed by atoms with Crippen molar-refractivity contribution in [3.05, 3.63) is 98.1 Å². The van der Waals surface area contributed by atoms with Crippen LogP contribution in [0.4, 0.5) is 29.3 Å². The van der Waals surface area contributed by atoms with E-state index in [1.807, 2.05) is 0 Å². The van der Waals surface area contributed by atoms with E-state index >= 15 is 0 Å². The number of ether oxygens (including phenoxy) is 1. The smallest absolute Gasteiger partial charge is 0.416 e. The zero-order valence-corrected chi connectivity index (χ0v) is 20.0. The average molecular weight is 546 g/mol. The van der Waals surface area contributed by atoms with Crippen LogP contribution in [0.1, 0.15) is 16.7 Å². The summed E-state index contributed by atoms with van der Waals surface area (Å²) < 4.78 is 44.2. The van der Waals surface area contributed by atoms with E-state index < -0.39 is 45.9 Å². The maximum Gasteiger partial charge on any atom is 0.416 e. The van der Waals surface area contributed by atoms with E-state index in [0.29, 0.717) is 12.1 Å². The number of aryl methyl sites for hydroxylation is 1. The van der Waals surface area contributed by atoms with Gasteiger partial charge in [0, 0.05) is 6.07 Å². The second-order valence-corrected chi connectivity index (χ2v) is 8.43. The Bertz CT molecular complexity index is 1540. The number of rotatable bonds is 5. The predicted octanol–water partition coefficient (Wildman–Crippen LogP) is 6.03. The summed E-state index contributed by atoms with van der Waals surface area (Å²) in [5.41, 5.74) is -1.24. The Kier molecular flexibility index (Phi) is 6.92. The van der Waals surface area contributed by atoms with Crippen molar-refractivity contribution in [2.45, 2.75) is 13.1 Å². The van der Waals surface area contributed by atoms with Gasteiger partial charge in [0.15, 0.2) is 0 Å². The van der Waals surface area contributed by atoms with Crippen LogP contribution in [0.2, 0.25) is 5.02 Å². The second kappa shape index (κ2) is 9.98. The zero-order valence-electron chi connectivity index (χ0n) is 19.2. The van der Waals surface area contributed by atoms with Crippen LogP contribution in [0.25, 0.3) is 6.08 Å². The molecule has 3 aromatic carbocycles. The number of carbonyl (C=O) groups is 3. The zero-order chi connectivity index (χ0) is 27.8. The van der Waals surface area contributed by atoms with Crippen LogP contribution in [0.15, 0.2) is 66.2 Å². The van der Waals surface area contributed by atoms with Gasteiger partial charge in [0.1, 0.15) is 11.3 Å². The molecule has 9 nitrogen and oxygen atoms in total. The third-order valence-electron chi connectivity index (χ3n) is 5.33. The lowest BCUT2D eigenvalue weighted by atomic mass is 10.1. The Balaban J connectivity index is 1.64. The molecule has 1 aliphatic heterocycles. The highest BCUT2D eigenvalue weighted by Crippen LogP contribution is 2.39. The van der Waals surface area contributed by atoms with Crippen LogP contribution in [0, 0.1) is 17.0 Å². The van der Waals surface area contributed by atoms with Gasteiger partial charge in [-0.1, -0.05) is 29.8 Å². The molecule has 0 bridgehead atoms. The summed E-state index contributed by atoms with van der Waals surface area (Å²) >= 11 is 6.22. The number of urea groups is 1. The van der Waals surface area contributed by atoms with E-state index in [1.54, 1.807) is 25.1 Å². The quantitative estimate of drug-likeness (QED) is 0.181. The highest BCUT2D eigenvalue weighted by Gasteiger charge is 2.37. The number of benzene rings is 3. The minimum absolute atomic E-state index is 0.121. The van der Waals surface area contributed by atoms with Gasteiger partial charge in [0.05, 0.1) is 21.2 Å². The Morgan fingerprint density at radius 3 is 2.37 bits per heavy atom. The molecule has 0 spiro atoms. The SMILES string of the molecule is Cc1cccc(N2C(=O)NC(=O)/C(=C\c3ccc(Oc4ccc(C(F)(F)F)cc4[N+](=O)[O-])c(Cl)c3)C2=O)c1. The number of carbonyl (C=O) groups excluding carboxylic acids is 3. The Hall–Kier alpha value is -4.71. The van der Waals surface area contributed by atoms with Crippen molar-refractivity contribution in [3.63, 3.8) is 0 Å². The maximum absolute atomic E-state index is 13.0. The van der Waals surface area contributed by atoms with E-state index in [1.165, 1.54) is 30.3 Å². The molecule has 1 heterocycles. The Labute approximate surface area is 217 Å². The molecule has 0 saturated carbocycles. The summed E-state index contributed by atoms with van der Waals surface area (Å²) in [6, 6.07) is 11.3. The summed E-state index contributed by atoms with van der Waals surface area (Å²) in [5.74, 6) is -2.42. The molecule has 0 radical (unpaired) electrons. The van der Waals surface area contributed by atoms with E-state index in [2.05, 4.69) is 5.32 Å². The van der Waals surface area contributed by atoms with Gasteiger partial charge >= 0.3 is 17.9 Å². The second-order valence-electron chi connectivity index (χ2n) is 8.03. The molecule has 3 aromatic rings. The molecule has 1 fully saturated rings. The number of hydrogen-bond acceptors (Lipinski definition) is 6. The fraction of sp³-hybridized carbons (Fsp3) is 0.0800. The normalized spacial score (nSPS) is 15.0. The Morgan fingerprint density at radius 2 is 1.74 bits per heavy atom. The summed E-state index contributed by atoms with van der Waals surface area (Å²) in [6.07, 6.45) is -3.61. The van der Waals surface area contributed by atoms with Crippen molar-refractivity contribution >= 4 is 46.9 Å². The summed E-state index contributed by atoms with van der Waals surface area (Å²) in [7, 11) is 0. The molecule has 194 valence electrons. The molecule has 1 saturated heterocycles. The fourth-order valence-electron chi connectivity index (χ4n) is 3.56. The number of nitro groups is 1. The van der Waals surface area contributed by atoms with E-state index in [0.717, 1.165) is 16.5 Å². The van der Waals surface area contributed by atoms with Gasteiger partial charge in [0.2, 0.25) is 5.75 Å². The number of anilines is 1. The van der Waals surface area contributed by atoms with Gasteiger partial charge in [-0.25, -0.2) is 9.69 Å². The third kappa shape index (κ3) is 5.34. The number of hydrogen-bond donors (Lipinski definition) is 1. The van der Waals surface area contributed by atoms with Crippen LogP contribution in [-0.4, -0.2) is 22.8 Å². The topological polar surface area (TPSA) is 119 Å². The number of amides is 4. The number of nitrogens with zero attached hydrogens (tertiary/aromatic N) is 2. The molecule has 0 aromatic heterocycles. The van der Waals surface area contributed by atoms with Crippen LogP contribution in [0.3, 0.4) is 0 Å². The van der Waals surface area contributed by atoms with Gasteiger partial charge in [-0.05, 0) is 60.5 Å². The largest absolute Gasteiger partial charge is 0.449 e. The molecule has 38 heavy (non-hydrogen) atoms. The first-order valence-electron chi connectivity index (χ1n) is 10.7. The predicted molar refractivity (Wildman–Crippen MR) is 130 cm³/mol. The van der Waals surface area contributed by atoms with Gasteiger partial charge in [-0.2, -0.15) is 13.2 Å². The van der Waals surface area contributed by atoms with Crippen molar-refractivity contribution in [1.82, 2.24) is 5.32 Å². The van der Waals surface area contributed by atoms with Crippen LogP contribution in [0.5, 0.6) is 11.5 Å². The third-order valence-corrected chi connectivity index (χ3v) is 5.63. The summed E-state index contributed by atoms with van der Waals surface area (Å²) in [6.45, 7) is 1.77. The van der Waals surface area contributed by atoms with Crippen LogP contribution in [-0.2, 0) is 15.8 Å². The van der Waals surface area contributed by atoms with Crippen LogP contribution >= 0.6 is 11.6 Å². The van der Waals surface area contributed by atoms with Gasteiger partial charge < -0.3 is 4.74 Å². The maximum atomic E-state index is 13.0. The molecule has 13 heteroatoms. The lowest BCUT2D eigenvalue weighted by Gasteiger charge is -2.26. The molecular formula is C25H15ClF3N3O6. The van der Waals surface area contributed by atoms with E-state index in [4.69, 9.17) is 16.3 Å². The average Bonchev–Trinajstić information content (AvgIpc) is 2.82. The number of halogens is 4. The van der Waals surface area contributed by atoms with Crippen molar-refractivity contribution < 1.29 is 37.2 Å². The number of nitrogens with one attached hydrogen (secondary N) is 1. The molecule has 4 rings (SSSR count). The first-order chi connectivity index (χ1) is 17.8. The molecule has 1 aliphatic rings. The van der Waals surface area contributed by atoms with Crippen molar-refractivity contribution in [2.24, 2.45) is 0 Å². The summed E-state index contributed by atoms with van der Waals surface area (Å²) in [5, 5.41) is 13.3. The minimum Gasteiger partial charge on any atom is -0.449 e. The molecule has 1 N–H and O–H groups in total. The number of nitro benzene ring substituents is 1. The van der Waals surface area contributed by atoms with Crippen LogP contribution < -0.4 is 15.0 Å². The highest BCUT2D eigenvalue weighted by atomic mass is 35.5. The lowest BCUT2D eigenvalue weighted by Crippen LogP contribution is -2.54. The van der Waals surface area contributed by atoms with Gasteiger partial charge in [-0.15, -0.1) is 0 Å². The number of imide groups is 2. The van der Waals surface area contributed by atoms with E-state index in [-0.39, 0.29) is 27.6 Å². The van der Waals surface area contributed by atoms with Gasteiger partial charge in [0.25, 0.3) is 11.8 Å². The van der Waals surface area contributed by atoms with Crippen molar-refractivity contribution in [2.75, 3.05) is 4.90 Å². The first kappa shape index (κ1) is 26.4. The van der Waals surface area contributed by atoms with Crippen molar-refractivity contribution in [1.29, 1.82) is 0 Å². The fourth-order valence-corrected chi connectivity index (χ4v) is 3.78. The van der Waals surface area contributed by atoms with E-state index in [9.17, 15) is 37.7 Å². The minimum atomic E-state index is -4.79. The first-order valence-corrected chi connectivity index (χ1v) is 11.0. The molecule has 4 amide bonds. The Morgan fingerprint density at radius 1 is 1.03 bits per heavy atom. The van der Waals surface area contributed by atoms with Crippen molar-refractivity contribution in [3.8, 4) is 11.5 Å². The number of alkyl halides is 3. The standard InChI is InChI=1S/C25H15ClF3N3O6/c1-13-3-2-4-16(9-13)31-23(34)17(22(33)30-24(31)35)10-14-5-7-20(18(26)11-14)38-21-8-6-15(25(27,28)29)12-19(21)32(36)37/h2-12H,1H3,(H,30,33,35)/b17-10+. The molecule has 0 unspecified atom stereocenters. The number of barbiturate groups is 1. The summed E-state index contributed by atoms with van der Waals surface area (Å²) in [4.78, 5) is 48.9. The molecular weight excluding hydrogens is 531 g/mol. The monoisotopic (exact) mass is 545 g/mol.